The van der Waals surface area contributed by atoms with Gasteiger partial charge in [0.15, 0.2) is 5.82 Å². The summed E-state index contributed by atoms with van der Waals surface area (Å²) in [5.41, 5.74) is 3.76. The lowest BCUT2D eigenvalue weighted by atomic mass is 10.00. The van der Waals surface area contributed by atoms with E-state index in [9.17, 15) is 4.79 Å². The highest BCUT2D eigenvalue weighted by molar-refractivity contribution is 5.80. The normalized spacial score (nSPS) is 19.2. The molecule has 37 heavy (non-hydrogen) atoms. The molecule has 6 rings (SSSR count). The Hall–Kier alpha value is -3.56. The van der Waals surface area contributed by atoms with E-state index in [1.54, 1.807) is 7.11 Å². The van der Waals surface area contributed by atoms with Crippen molar-refractivity contribution in [3.8, 4) is 5.75 Å². The third-order valence-electron chi connectivity index (χ3n) is 7.92. The summed E-state index contributed by atoms with van der Waals surface area (Å²) in [4.78, 5) is 21.7. The summed E-state index contributed by atoms with van der Waals surface area (Å²) in [5, 5.41) is 14.0. The summed E-state index contributed by atoms with van der Waals surface area (Å²) in [6.45, 7) is 6.57. The number of ether oxygens (including phenoxy) is 1. The van der Waals surface area contributed by atoms with Crippen molar-refractivity contribution in [2.75, 3.05) is 33.3 Å². The first-order chi connectivity index (χ1) is 18.1. The fourth-order valence-electron chi connectivity index (χ4n) is 5.87. The zero-order valence-corrected chi connectivity index (χ0v) is 21.4. The molecule has 192 valence electrons. The predicted molar refractivity (Wildman–Crippen MR) is 142 cm³/mol. The van der Waals surface area contributed by atoms with Crippen LogP contribution in [0.1, 0.15) is 48.3 Å². The molecule has 2 aromatic carbocycles. The molecule has 0 spiro atoms. The van der Waals surface area contributed by atoms with E-state index in [-0.39, 0.29) is 11.6 Å². The van der Waals surface area contributed by atoms with Crippen LogP contribution in [0.4, 0.5) is 0 Å². The van der Waals surface area contributed by atoms with E-state index in [1.165, 1.54) is 18.4 Å². The van der Waals surface area contributed by atoms with Crippen LogP contribution in [0.5, 0.6) is 5.75 Å². The molecule has 2 unspecified atom stereocenters. The van der Waals surface area contributed by atoms with Crippen molar-refractivity contribution in [1.29, 1.82) is 0 Å². The maximum absolute atomic E-state index is 13.6. The van der Waals surface area contributed by atoms with Gasteiger partial charge in [0.2, 0.25) is 0 Å². The molecular formula is C28H33N7O2. The molecule has 1 N–H and O–H groups in total. The van der Waals surface area contributed by atoms with E-state index < -0.39 is 0 Å². The molecule has 2 aromatic heterocycles. The van der Waals surface area contributed by atoms with Gasteiger partial charge in [-0.15, -0.1) is 5.10 Å². The minimum absolute atomic E-state index is 0.0883. The summed E-state index contributed by atoms with van der Waals surface area (Å²) >= 11 is 0. The fourth-order valence-corrected chi connectivity index (χ4v) is 5.87. The number of aromatic nitrogens is 5. The summed E-state index contributed by atoms with van der Waals surface area (Å²) in [5.74, 6) is 1.50. The van der Waals surface area contributed by atoms with Gasteiger partial charge in [-0.2, -0.15) is 0 Å². The second kappa shape index (κ2) is 10.1. The van der Waals surface area contributed by atoms with Gasteiger partial charge < -0.3 is 9.72 Å². The summed E-state index contributed by atoms with van der Waals surface area (Å²) < 4.78 is 7.14. The van der Waals surface area contributed by atoms with E-state index >= 15 is 0 Å². The molecule has 0 saturated carbocycles. The Morgan fingerprint density at radius 2 is 1.92 bits per heavy atom. The molecule has 2 saturated heterocycles. The molecule has 2 atom stereocenters. The molecule has 9 nitrogen and oxygen atoms in total. The topological polar surface area (TPSA) is 92.2 Å². The quantitative estimate of drug-likeness (QED) is 0.418. The van der Waals surface area contributed by atoms with E-state index in [4.69, 9.17) is 4.74 Å². The van der Waals surface area contributed by atoms with E-state index in [0.29, 0.717) is 24.0 Å². The first-order valence-electron chi connectivity index (χ1n) is 13.2. The van der Waals surface area contributed by atoms with E-state index in [2.05, 4.69) is 49.4 Å². The van der Waals surface area contributed by atoms with E-state index in [1.807, 2.05) is 41.1 Å². The first kappa shape index (κ1) is 23.8. The Morgan fingerprint density at radius 3 is 2.73 bits per heavy atom. The van der Waals surface area contributed by atoms with Gasteiger partial charge in [-0.1, -0.05) is 25.1 Å². The number of rotatable bonds is 7. The minimum atomic E-state index is -0.338. The Bertz CT molecular complexity index is 1450. The van der Waals surface area contributed by atoms with Gasteiger partial charge in [-0.3, -0.25) is 14.6 Å². The summed E-state index contributed by atoms with van der Waals surface area (Å²) in [7, 11) is 1.66. The molecule has 0 radical (unpaired) electrons. The van der Waals surface area contributed by atoms with Crippen LogP contribution in [0.25, 0.3) is 10.9 Å². The van der Waals surface area contributed by atoms with Crippen LogP contribution in [0.2, 0.25) is 0 Å². The average Bonchev–Trinajstić information content (AvgIpc) is 3.59. The van der Waals surface area contributed by atoms with Crippen LogP contribution in [0, 0.1) is 0 Å². The third kappa shape index (κ3) is 4.65. The molecule has 0 bridgehead atoms. The number of hydrogen-bond donors (Lipinski definition) is 1. The highest BCUT2D eigenvalue weighted by Crippen LogP contribution is 2.32. The third-order valence-corrected chi connectivity index (χ3v) is 7.92. The van der Waals surface area contributed by atoms with Crippen molar-refractivity contribution in [3.63, 3.8) is 0 Å². The van der Waals surface area contributed by atoms with Gasteiger partial charge in [0.1, 0.15) is 11.8 Å². The van der Waals surface area contributed by atoms with Gasteiger partial charge in [-0.05, 0) is 83.1 Å². The van der Waals surface area contributed by atoms with Crippen LogP contribution >= 0.6 is 0 Å². The zero-order chi connectivity index (χ0) is 25.4. The number of tetrazole rings is 1. The van der Waals surface area contributed by atoms with Crippen molar-refractivity contribution in [1.82, 2.24) is 35.0 Å². The zero-order valence-electron chi connectivity index (χ0n) is 21.4. The first-order valence-corrected chi connectivity index (χ1v) is 13.2. The number of nitrogens with zero attached hydrogens (tertiary/aromatic N) is 6. The van der Waals surface area contributed by atoms with Gasteiger partial charge in [0.25, 0.3) is 5.56 Å². The number of H-pyrrole nitrogens is 1. The lowest BCUT2D eigenvalue weighted by Crippen LogP contribution is -2.52. The molecular weight excluding hydrogens is 466 g/mol. The predicted octanol–water partition coefficient (Wildman–Crippen LogP) is 3.00. The smallest absolute Gasteiger partial charge is 0.253 e. The number of piperazine rings is 1. The fraction of sp³-hybridized carbons (Fsp3) is 0.429. The number of nitrogens with one attached hydrogen (secondary N) is 1. The van der Waals surface area contributed by atoms with Gasteiger partial charge in [0.05, 0.1) is 13.7 Å². The monoisotopic (exact) mass is 499 g/mol. The van der Waals surface area contributed by atoms with Crippen molar-refractivity contribution in [2.45, 2.75) is 44.8 Å². The highest BCUT2D eigenvalue weighted by Gasteiger charge is 2.37. The van der Waals surface area contributed by atoms with Crippen molar-refractivity contribution >= 4 is 10.9 Å². The molecule has 2 aliphatic rings. The number of fused-ring (bicyclic) bond motifs is 2. The largest absolute Gasteiger partial charge is 0.497 e. The maximum Gasteiger partial charge on any atom is 0.253 e. The van der Waals surface area contributed by atoms with Crippen LogP contribution in [0.15, 0.2) is 53.3 Å². The number of benzene rings is 2. The molecule has 2 aliphatic heterocycles. The Balaban J connectivity index is 1.43. The van der Waals surface area contributed by atoms with E-state index in [0.717, 1.165) is 54.8 Å². The molecule has 2 fully saturated rings. The number of methoxy groups -OCH3 is 1. The molecule has 9 heteroatoms. The standard InChI is InChI=1S/C28H33N7O2/c1-3-19-8-11-25-21(15-19)16-24(28(36)29-25)26(34-14-13-33-12-4-5-22(33)18-34)27-30-31-32-35(27)17-20-6-9-23(37-2)10-7-20/h6-11,15-16,22,26H,3-5,12-14,17-18H2,1-2H3,(H,29,36). The van der Waals surface area contributed by atoms with Crippen LogP contribution in [-0.2, 0) is 13.0 Å². The number of aromatic amines is 1. The van der Waals surface area contributed by atoms with Crippen LogP contribution in [0.3, 0.4) is 0 Å². The number of hydrogen-bond acceptors (Lipinski definition) is 7. The Labute approximate surface area is 216 Å². The number of pyridine rings is 1. The van der Waals surface area contributed by atoms with Crippen LogP contribution in [-0.4, -0.2) is 74.3 Å². The van der Waals surface area contributed by atoms with Gasteiger partial charge in [0, 0.05) is 36.8 Å². The van der Waals surface area contributed by atoms with Crippen molar-refractivity contribution in [3.05, 3.63) is 81.4 Å². The lowest BCUT2D eigenvalue weighted by Gasteiger charge is -2.41. The Morgan fingerprint density at radius 1 is 1.08 bits per heavy atom. The van der Waals surface area contributed by atoms with Gasteiger partial charge >= 0.3 is 0 Å². The molecule has 0 amide bonds. The van der Waals surface area contributed by atoms with Crippen LogP contribution < -0.4 is 10.3 Å². The SMILES string of the molecule is CCc1ccc2[nH]c(=O)c(C(c3nnnn3Cc3ccc(OC)cc3)N3CCN4CCCC4C3)cc2c1. The second-order valence-electron chi connectivity index (χ2n) is 10.1. The average molecular weight is 500 g/mol. The molecule has 4 heterocycles. The van der Waals surface area contributed by atoms with Crippen molar-refractivity contribution < 1.29 is 4.74 Å². The summed E-state index contributed by atoms with van der Waals surface area (Å²) in [6.07, 6.45) is 3.36. The Kier molecular flexibility index (Phi) is 6.48. The van der Waals surface area contributed by atoms with Gasteiger partial charge in [-0.25, -0.2) is 4.68 Å². The highest BCUT2D eigenvalue weighted by atomic mass is 16.5. The second-order valence-corrected chi connectivity index (χ2v) is 10.1. The van der Waals surface area contributed by atoms with Crippen molar-refractivity contribution in [2.24, 2.45) is 0 Å². The molecule has 0 aliphatic carbocycles. The molecule has 4 aromatic rings. The minimum Gasteiger partial charge on any atom is -0.497 e. The maximum atomic E-state index is 13.6. The summed E-state index contributed by atoms with van der Waals surface area (Å²) in [6, 6.07) is 16.4. The lowest BCUT2D eigenvalue weighted by molar-refractivity contribution is 0.0790. The number of aryl methyl sites for hydroxylation is 1.